The molecule has 0 spiro atoms. The lowest BCUT2D eigenvalue weighted by Crippen LogP contribution is -2.55. The number of benzene rings is 1. The fourth-order valence-corrected chi connectivity index (χ4v) is 5.93. The predicted octanol–water partition coefficient (Wildman–Crippen LogP) is 1.24. The zero-order valence-corrected chi connectivity index (χ0v) is 18.6. The van der Waals surface area contributed by atoms with Crippen molar-refractivity contribution in [1.82, 2.24) is 15.1 Å². The van der Waals surface area contributed by atoms with Crippen molar-refractivity contribution < 1.29 is 29.7 Å². The molecule has 1 amide bonds. The Bertz CT molecular complexity index is 1310. The minimum absolute atomic E-state index is 0.0597. The van der Waals surface area contributed by atoms with Gasteiger partial charge < -0.3 is 21.1 Å². The molecule has 1 heterocycles. The molecule has 176 valence electrons. The van der Waals surface area contributed by atoms with Gasteiger partial charge in [-0.1, -0.05) is 6.07 Å². The Morgan fingerprint density at radius 3 is 2.53 bits per heavy atom. The summed E-state index contributed by atoms with van der Waals surface area (Å²) in [6, 6.07) is 2.40. The van der Waals surface area contributed by atoms with Gasteiger partial charge in [0.05, 0.1) is 23.7 Å². The molecule has 4 atom stereocenters. The number of nitrogens with one attached hydrogen (secondary N) is 1. The molecule has 0 radical (unpaired) electrons. The normalized spacial score (nSPS) is 26.4. The van der Waals surface area contributed by atoms with E-state index in [1.54, 1.807) is 37.5 Å². The van der Waals surface area contributed by atoms with E-state index in [1.165, 1.54) is 6.07 Å². The zero-order valence-electron chi connectivity index (χ0n) is 18.6. The number of fused-ring (bicyclic) bond motifs is 3. The molecule has 1 aromatic heterocycles. The second-order valence-electron chi connectivity index (χ2n) is 9.27. The number of aliphatic hydroxyl groups excluding tert-OH is 2. The smallest absolute Gasteiger partial charge is 0.255 e. The number of nitrogens with zero attached hydrogens (tertiary/aromatic N) is 2. The minimum atomic E-state index is -1.26. The molecule has 10 heteroatoms. The number of ketones is 2. The summed E-state index contributed by atoms with van der Waals surface area (Å²) < 4.78 is 0. The highest BCUT2D eigenvalue weighted by molar-refractivity contribution is 6.28. The molecule has 34 heavy (non-hydrogen) atoms. The van der Waals surface area contributed by atoms with E-state index in [0.717, 1.165) is 11.1 Å². The number of allylic oxidation sites excluding steroid dienone is 1. The Labute approximate surface area is 194 Å². The van der Waals surface area contributed by atoms with Crippen LogP contribution >= 0.6 is 0 Å². The van der Waals surface area contributed by atoms with Crippen LogP contribution in [0, 0.1) is 17.8 Å². The Hall–Kier alpha value is -3.92. The summed E-state index contributed by atoms with van der Waals surface area (Å²) in [5, 5.41) is 39.3. The van der Waals surface area contributed by atoms with Crippen LogP contribution in [0.2, 0.25) is 0 Å². The Kier molecular flexibility index (Phi) is 4.87. The van der Waals surface area contributed by atoms with Crippen molar-refractivity contribution in [3.05, 3.63) is 52.6 Å². The number of hydrogen-bond donors (Lipinski definition) is 5. The van der Waals surface area contributed by atoms with Crippen molar-refractivity contribution in [3.63, 3.8) is 0 Å². The van der Waals surface area contributed by atoms with Crippen LogP contribution in [-0.2, 0) is 20.8 Å². The summed E-state index contributed by atoms with van der Waals surface area (Å²) in [7, 11) is 3.37. The van der Waals surface area contributed by atoms with Gasteiger partial charge in [0.1, 0.15) is 22.8 Å². The second-order valence-corrected chi connectivity index (χ2v) is 9.27. The number of carbonyl (C=O) groups is 3. The maximum absolute atomic E-state index is 13.7. The highest BCUT2D eigenvalue weighted by atomic mass is 16.3. The maximum atomic E-state index is 13.7. The lowest BCUT2D eigenvalue weighted by atomic mass is 9.59. The van der Waals surface area contributed by atoms with E-state index in [2.05, 4.69) is 10.2 Å². The van der Waals surface area contributed by atoms with Crippen molar-refractivity contribution in [2.75, 3.05) is 14.1 Å². The summed E-state index contributed by atoms with van der Waals surface area (Å²) in [6.45, 7) is 0. The number of carbonyl (C=O) groups excluding carboxylic acids is 3. The number of rotatable bonds is 3. The fraction of sp³-hybridized carbons (Fsp3) is 0.333. The summed E-state index contributed by atoms with van der Waals surface area (Å²) in [4.78, 5) is 40.5. The molecule has 0 saturated heterocycles. The number of aromatic hydroxyl groups is 1. The number of nitrogens with two attached hydrogens (primary N) is 1. The Morgan fingerprint density at radius 2 is 1.91 bits per heavy atom. The van der Waals surface area contributed by atoms with E-state index in [9.17, 15) is 29.7 Å². The first-order valence-corrected chi connectivity index (χ1v) is 10.9. The number of H-pyrrole nitrogens is 1. The standard InChI is InChI=1S/C24H24N4O6/c1-28(2)19-13-6-9-5-12-11(10-7-26-27-8-10)3-4-14(29)16(12)20(30)15(9)21(31)17(13)22(32)18(23(19)33)24(25)34/h3-4,7-9,13,17,19,29-30,33H,5-6H2,1-2H3,(H2,25,34)(H,26,27)/t9?,13?,17?,19-/m0/s1. The lowest BCUT2D eigenvalue weighted by Gasteiger charge is -2.46. The monoisotopic (exact) mass is 464 g/mol. The van der Waals surface area contributed by atoms with Crippen molar-refractivity contribution in [2.45, 2.75) is 18.9 Å². The lowest BCUT2D eigenvalue weighted by molar-refractivity contribution is -0.136. The molecule has 0 aliphatic heterocycles. The molecule has 2 aromatic rings. The van der Waals surface area contributed by atoms with Crippen molar-refractivity contribution in [2.24, 2.45) is 23.5 Å². The topological polar surface area (TPSA) is 170 Å². The SMILES string of the molecule is CN(C)[C@@H]1C(O)=C(C(N)=O)C(=O)C2C(=O)C3=C(O)c4c(O)ccc(-c5cn[nH]c5)c4CC3CC21. The predicted molar refractivity (Wildman–Crippen MR) is 120 cm³/mol. The first kappa shape index (κ1) is 21.9. The Morgan fingerprint density at radius 1 is 1.18 bits per heavy atom. The number of aromatic nitrogens is 2. The highest BCUT2D eigenvalue weighted by Gasteiger charge is 2.55. The van der Waals surface area contributed by atoms with Gasteiger partial charge in [-0.15, -0.1) is 0 Å². The molecule has 6 N–H and O–H groups in total. The number of Topliss-reactive ketones (excluding diaryl/α,β-unsaturated/α-hetero) is 2. The second kappa shape index (κ2) is 7.56. The molecule has 5 rings (SSSR count). The van der Waals surface area contributed by atoms with Crippen molar-refractivity contribution in [1.29, 1.82) is 0 Å². The number of phenols is 1. The molecule has 1 saturated carbocycles. The van der Waals surface area contributed by atoms with E-state index in [-0.39, 0.29) is 22.6 Å². The van der Waals surface area contributed by atoms with Crippen LogP contribution in [-0.4, -0.2) is 68.0 Å². The molecule has 1 aromatic carbocycles. The maximum Gasteiger partial charge on any atom is 0.255 e. The quantitative estimate of drug-likeness (QED) is 0.334. The number of aliphatic hydroxyl groups is 2. The summed E-state index contributed by atoms with van der Waals surface area (Å²) in [6.07, 6.45) is 3.96. The molecule has 1 fully saturated rings. The number of phenolic OH excluding ortho intramolecular Hbond substituents is 1. The van der Waals surface area contributed by atoms with Gasteiger partial charge in [0.15, 0.2) is 11.6 Å². The molecule has 0 bridgehead atoms. The van der Waals surface area contributed by atoms with Gasteiger partial charge in [-0.3, -0.25) is 24.4 Å². The van der Waals surface area contributed by atoms with E-state index in [1.807, 2.05) is 0 Å². The molecular weight excluding hydrogens is 440 g/mol. The highest BCUT2D eigenvalue weighted by Crippen LogP contribution is 2.51. The van der Waals surface area contributed by atoms with E-state index in [0.29, 0.717) is 18.4 Å². The van der Waals surface area contributed by atoms with Crippen LogP contribution < -0.4 is 5.73 Å². The fourth-order valence-electron chi connectivity index (χ4n) is 5.93. The first-order chi connectivity index (χ1) is 16.1. The Balaban J connectivity index is 1.69. The first-order valence-electron chi connectivity index (χ1n) is 10.9. The molecule has 3 aliphatic carbocycles. The number of primary amides is 1. The number of aromatic amines is 1. The van der Waals surface area contributed by atoms with Crippen LogP contribution in [0.15, 0.2) is 41.4 Å². The van der Waals surface area contributed by atoms with Gasteiger partial charge in [-0.25, -0.2) is 0 Å². The van der Waals surface area contributed by atoms with Crippen LogP contribution in [0.1, 0.15) is 17.5 Å². The largest absolute Gasteiger partial charge is 0.510 e. The van der Waals surface area contributed by atoms with Crippen molar-refractivity contribution in [3.8, 4) is 16.9 Å². The molecular formula is C24H24N4O6. The summed E-state index contributed by atoms with van der Waals surface area (Å²) in [5.41, 5.74) is 7.19. The van der Waals surface area contributed by atoms with Gasteiger partial charge in [-0.2, -0.15) is 5.10 Å². The van der Waals surface area contributed by atoms with Crippen LogP contribution in [0.3, 0.4) is 0 Å². The van der Waals surface area contributed by atoms with E-state index >= 15 is 0 Å². The van der Waals surface area contributed by atoms with Crippen molar-refractivity contribution >= 4 is 23.2 Å². The van der Waals surface area contributed by atoms with E-state index < -0.39 is 52.6 Å². The zero-order chi connectivity index (χ0) is 24.5. The summed E-state index contributed by atoms with van der Waals surface area (Å²) >= 11 is 0. The minimum Gasteiger partial charge on any atom is -0.510 e. The van der Waals surface area contributed by atoms with Gasteiger partial charge in [-0.05, 0) is 56.0 Å². The average Bonchev–Trinajstić information content (AvgIpc) is 3.27. The van der Waals surface area contributed by atoms with Gasteiger partial charge in [0.25, 0.3) is 5.91 Å². The summed E-state index contributed by atoms with van der Waals surface area (Å²) in [5.74, 6) is -5.86. The molecule has 3 aliphatic rings. The average molecular weight is 464 g/mol. The molecule has 10 nitrogen and oxygen atoms in total. The van der Waals surface area contributed by atoms with Gasteiger partial charge in [0, 0.05) is 17.3 Å². The number of likely N-dealkylation sites (N-methyl/N-ethyl adjacent to an activating group) is 1. The van der Waals surface area contributed by atoms with Gasteiger partial charge >= 0.3 is 0 Å². The van der Waals surface area contributed by atoms with Crippen LogP contribution in [0.4, 0.5) is 0 Å². The third-order valence-corrected chi connectivity index (χ3v) is 7.26. The van der Waals surface area contributed by atoms with Crippen LogP contribution in [0.5, 0.6) is 5.75 Å². The third-order valence-electron chi connectivity index (χ3n) is 7.26. The molecule has 3 unspecified atom stereocenters. The van der Waals surface area contributed by atoms with E-state index in [4.69, 9.17) is 5.73 Å². The number of hydrogen-bond acceptors (Lipinski definition) is 8. The third kappa shape index (κ3) is 2.91. The number of amides is 1. The van der Waals surface area contributed by atoms with Gasteiger partial charge in [0.2, 0.25) is 0 Å². The van der Waals surface area contributed by atoms with Crippen LogP contribution in [0.25, 0.3) is 16.9 Å².